The first-order valence-corrected chi connectivity index (χ1v) is 7.24. The summed E-state index contributed by atoms with van der Waals surface area (Å²) in [4.78, 5) is 15.7. The van der Waals surface area contributed by atoms with Crippen molar-refractivity contribution in [2.45, 2.75) is 13.3 Å². The highest BCUT2D eigenvalue weighted by atomic mass is 16.5. The van der Waals surface area contributed by atoms with Gasteiger partial charge in [-0.15, -0.1) is 0 Å². The van der Waals surface area contributed by atoms with Crippen LogP contribution >= 0.6 is 0 Å². The molecule has 7 heteroatoms. The maximum Gasteiger partial charge on any atom is 0.254 e. The van der Waals surface area contributed by atoms with E-state index < -0.39 is 0 Å². The average molecular weight is 329 g/mol. The number of nitrogens with one attached hydrogen (secondary N) is 2. The average Bonchev–Trinajstić information content (AvgIpc) is 2.60. The smallest absolute Gasteiger partial charge is 0.254 e. The SMILES string of the molecule is C=C\C=N/N=C/C=N/C=C(\C=N)C(=O)NCC/C=C\C(=C/C)OC. The Morgan fingerprint density at radius 3 is 2.67 bits per heavy atom. The van der Waals surface area contributed by atoms with Crippen molar-refractivity contribution in [3.8, 4) is 0 Å². The summed E-state index contributed by atoms with van der Waals surface area (Å²) in [5.74, 6) is 0.394. The second kappa shape index (κ2) is 14.8. The van der Waals surface area contributed by atoms with Crippen LogP contribution in [0.4, 0.5) is 0 Å². The fraction of sp³-hybridized carbons (Fsp3) is 0.235. The molecule has 0 rings (SSSR count). The maximum atomic E-state index is 11.9. The van der Waals surface area contributed by atoms with E-state index >= 15 is 0 Å². The molecule has 128 valence electrons. The minimum atomic E-state index is -0.366. The van der Waals surface area contributed by atoms with Gasteiger partial charge in [-0.1, -0.05) is 12.7 Å². The van der Waals surface area contributed by atoms with Crippen LogP contribution in [-0.2, 0) is 9.53 Å². The predicted octanol–water partition coefficient (Wildman–Crippen LogP) is 2.45. The number of nitrogens with zero attached hydrogens (tertiary/aromatic N) is 3. The zero-order valence-corrected chi connectivity index (χ0v) is 14.0. The number of carbonyl (C=O) groups is 1. The Bertz CT molecular complexity index is 584. The molecule has 0 aliphatic rings. The number of hydrogen-bond donors (Lipinski definition) is 2. The minimum absolute atomic E-state index is 0.143. The second-order valence-electron chi connectivity index (χ2n) is 4.13. The van der Waals surface area contributed by atoms with Gasteiger partial charge in [-0.05, 0) is 31.6 Å². The summed E-state index contributed by atoms with van der Waals surface area (Å²) in [6, 6.07) is 0. The van der Waals surface area contributed by atoms with Crippen LogP contribution < -0.4 is 5.32 Å². The van der Waals surface area contributed by atoms with Gasteiger partial charge in [-0.2, -0.15) is 10.2 Å². The van der Waals surface area contributed by atoms with Crippen molar-refractivity contribution in [2.75, 3.05) is 13.7 Å². The number of methoxy groups -OCH3 is 1. The van der Waals surface area contributed by atoms with Crippen LogP contribution in [0.3, 0.4) is 0 Å². The number of rotatable bonds is 11. The highest BCUT2D eigenvalue weighted by Gasteiger charge is 2.04. The minimum Gasteiger partial charge on any atom is -0.497 e. The lowest BCUT2D eigenvalue weighted by atomic mass is 10.3. The molecular formula is C17H23N5O2. The van der Waals surface area contributed by atoms with Gasteiger partial charge in [0.05, 0.1) is 18.9 Å². The fourth-order valence-corrected chi connectivity index (χ4v) is 1.33. The number of allylic oxidation sites excluding steroid dienone is 3. The number of carbonyl (C=O) groups excluding carboxylic acids is 1. The number of amides is 1. The standard InChI is InChI=1S/C17H23N5O2/c1-4-9-21-22-12-11-19-14-15(13-18)17(23)20-10-7-6-8-16(5-2)24-3/h4-6,8-9,11-14,18H,1,7,10H2,2-3H3,(H,20,23)/b8-6-,15-14+,16-5+,18-13?,19-11+,21-9-,22-12+. The summed E-state index contributed by atoms with van der Waals surface area (Å²) < 4.78 is 5.08. The molecule has 1 amide bonds. The van der Waals surface area contributed by atoms with Crippen LogP contribution in [0.25, 0.3) is 0 Å². The molecule has 24 heavy (non-hydrogen) atoms. The molecule has 0 atom stereocenters. The molecule has 0 saturated heterocycles. The highest BCUT2D eigenvalue weighted by Crippen LogP contribution is 1.98. The monoisotopic (exact) mass is 329 g/mol. The molecule has 0 aromatic carbocycles. The van der Waals surface area contributed by atoms with E-state index in [1.54, 1.807) is 7.11 Å². The van der Waals surface area contributed by atoms with Crippen molar-refractivity contribution in [1.82, 2.24) is 5.32 Å². The summed E-state index contributed by atoms with van der Waals surface area (Å²) >= 11 is 0. The predicted molar refractivity (Wildman–Crippen MR) is 100 cm³/mol. The van der Waals surface area contributed by atoms with Crippen LogP contribution in [0.1, 0.15) is 13.3 Å². The van der Waals surface area contributed by atoms with Crippen LogP contribution in [0.5, 0.6) is 0 Å². The molecule has 0 bridgehead atoms. The van der Waals surface area contributed by atoms with Crippen LogP contribution in [-0.4, -0.2) is 44.4 Å². The van der Waals surface area contributed by atoms with E-state index in [0.29, 0.717) is 13.0 Å². The van der Waals surface area contributed by atoms with Crippen molar-refractivity contribution in [2.24, 2.45) is 15.2 Å². The molecule has 0 spiro atoms. The summed E-state index contributed by atoms with van der Waals surface area (Å²) in [6.45, 7) is 5.78. The topological polar surface area (TPSA) is 99.3 Å². The zero-order chi connectivity index (χ0) is 18.0. The van der Waals surface area contributed by atoms with Gasteiger partial charge in [0.2, 0.25) is 0 Å². The van der Waals surface area contributed by atoms with Crippen molar-refractivity contribution < 1.29 is 9.53 Å². The molecule has 7 nitrogen and oxygen atoms in total. The van der Waals surface area contributed by atoms with Crippen LogP contribution in [0, 0.1) is 5.41 Å². The first kappa shape index (κ1) is 20.9. The fourth-order valence-electron chi connectivity index (χ4n) is 1.33. The summed E-state index contributed by atoms with van der Waals surface area (Å²) in [7, 11) is 1.60. The molecule has 0 heterocycles. The molecule has 0 aliphatic carbocycles. The number of hydrogen-bond acceptors (Lipinski definition) is 6. The Balaban J connectivity index is 4.34. The van der Waals surface area contributed by atoms with Gasteiger partial charge in [0, 0.05) is 31.4 Å². The van der Waals surface area contributed by atoms with Crippen molar-refractivity contribution in [3.05, 3.63) is 48.4 Å². The number of aliphatic imine (C=N–C) groups is 1. The van der Waals surface area contributed by atoms with E-state index in [4.69, 9.17) is 10.1 Å². The molecule has 0 aromatic heterocycles. The van der Waals surface area contributed by atoms with E-state index in [1.807, 2.05) is 25.2 Å². The Labute approximate surface area is 142 Å². The molecule has 0 aromatic rings. The maximum absolute atomic E-state index is 11.9. The molecule has 0 saturated carbocycles. The highest BCUT2D eigenvalue weighted by molar-refractivity contribution is 6.17. The van der Waals surface area contributed by atoms with Crippen molar-refractivity contribution >= 4 is 30.8 Å². The van der Waals surface area contributed by atoms with Gasteiger partial charge >= 0.3 is 0 Å². The first-order valence-electron chi connectivity index (χ1n) is 7.24. The lowest BCUT2D eigenvalue weighted by Gasteiger charge is -2.02. The van der Waals surface area contributed by atoms with E-state index in [2.05, 4.69) is 27.1 Å². The third kappa shape index (κ3) is 10.6. The van der Waals surface area contributed by atoms with Crippen LogP contribution in [0.15, 0.2) is 63.6 Å². The summed E-state index contributed by atoms with van der Waals surface area (Å²) in [6.07, 6.45) is 14.1. The molecular weight excluding hydrogens is 306 g/mol. The Hall–Kier alpha value is -3.09. The van der Waals surface area contributed by atoms with Gasteiger partial charge in [0.1, 0.15) is 5.76 Å². The molecule has 0 radical (unpaired) electrons. The molecule has 0 fully saturated rings. The van der Waals surface area contributed by atoms with Gasteiger partial charge < -0.3 is 15.5 Å². The second-order valence-corrected chi connectivity index (χ2v) is 4.13. The molecule has 2 N–H and O–H groups in total. The van der Waals surface area contributed by atoms with Crippen molar-refractivity contribution in [3.63, 3.8) is 0 Å². The normalized spacial score (nSPS) is 13.2. The Morgan fingerprint density at radius 1 is 1.29 bits per heavy atom. The summed E-state index contributed by atoms with van der Waals surface area (Å²) in [5.41, 5.74) is 0.143. The Morgan fingerprint density at radius 2 is 2.04 bits per heavy atom. The quantitative estimate of drug-likeness (QED) is 0.152. The van der Waals surface area contributed by atoms with E-state index in [0.717, 1.165) is 12.0 Å². The van der Waals surface area contributed by atoms with Gasteiger partial charge in [0.15, 0.2) is 0 Å². The molecule has 0 unspecified atom stereocenters. The third-order valence-electron chi connectivity index (χ3n) is 2.49. The molecule has 0 aliphatic heterocycles. The van der Waals surface area contributed by atoms with E-state index in [-0.39, 0.29) is 11.5 Å². The third-order valence-corrected chi connectivity index (χ3v) is 2.49. The zero-order valence-electron chi connectivity index (χ0n) is 14.0. The van der Waals surface area contributed by atoms with E-state index in [1.165, 1.54) is 30.9 Å². The Kier molecular flexibility index (Phi) is 12.9. The van der Waals surface area contributed by atoms with E-state index in [9.17, 15) is 4.79 Å². The lowest BCUT2D eigenvalue weighted by Crippen LogP contribution is -2.26. The summed E-state index contributed by atoms with van der Waals surface area (Å²) in [5, 5.41) is 17.2. The van der Waals surface area contributed by atoms with Crippen LogP contribution in [0.2, 0.25) is 0 Å². The van der Waals surface area contributed by atoms with Gasteiger partial charge in [-0.3, -0.25) is 9.79 Å². The van der Waals surface area contributed by atoms with Crippen molar-refractivity contribution in [1.29, 1.82) is 5.41 Å². The first-order chi connectivity index (χ1) is 11.7. The lowest BCUT2D eigenvalue weighted by molar-refractivity contribution is -0.116. The van der Waals surface area contributed by atoms with Gasteiger partial charge in [0.25, 0.3) is 5.91 Å². The van der Waals surface area contributed by atoms with Gasteiger partial charge in [-0.25, -0.2) is 0 Å². The largest absolute Gasteiger partial charge is 0.497 e. The number of ether oxygens (including phenoxy) is 1.